The van der Waals surface area contributed by atoms with Crippen molar-refractivity contribution in [3.05, 3.63) is 33.1 Å². The van der Waals surface area contributed by atoms with Gasteiger partial charge in [-0.05, 0) is 18.1 Å². The number of rotatable bonds is 5. The maximum Gasteiger partial charge on any atom is 0.330 e. The fraction of sp³-hybridized carbons (Fsp3) is 0.750. The molecule has 142 valence electrons. The monoisotopic (exact) mass is 372 g/mol. The molecule has 0 aromatic carbocycles. The lowest BCUT2D eigenvalue weighted by atomic mass is 10.1. The summed E-state index contributed by atoms with van der Waals surface area (Å²) in [5, 5.41) is 9.71. The number of hydrogen-bond donors (Lipinski definition) is 2. The summed E-state index contributed by atoms with van der Waals surface area (Å²) in [6.45, 7) is 10.3. The molecule has 1 aromatic heterocycles. The molecule has 0 radical (unpaired) electrons. The van der Waals surface area contributed by atoms with E-state index in [-0.39, 0.29) is 11.6 Å². The number of ether oxygens (including phenoxy) is 2. The Morgan fingerprint density at radius 1 is 1.32 bits per heavy atom. The van der Waals surface area contributed by atoms with Crippen LogP contribution in [0, 0.1) is 0 Å². The second kappa shape index (κ2) is 7.16. The maximum atomic E-state index is 12.1. The number of H-pyrrole nitrogens is 1. The zero-order valence-corrected chi connectivity index (χ0v) is 16.6. The molecule has 0 saturated carbocycles. The van der Waals surface area contributed by atoms with Crippen LogP contribution in [0.15, 0.2) is 21.9 Å². The van der Waals surface area contributed by atoms with Gasteiger partial charge in [0, 0.05) is 19.4 Å². The first-order valence-corrected chi connectivity index (χ1v) is 11.2. The van der Waals surface area contributed by atoms with Crippen molar-refractivity contribution in [3.8, 4) is 0 Å². The molecule has 1 fully saturated rings. The summed E-state index contributed by atoms with van der Waals surface area (Å²) in [7, 11) is -0.642. The van der Waals surface area contributed by atoms with Crippen LogP contribution in [0.4, 0.5) is 0 Å². The Labute approximate surface area is 147 Å². The Kier molecular flexibility index (Phi) is 5.74. The Morgan fingerprint density at radius 2 is 1.96 bits per heavy atom. The zero-order valence-electron chi connectivity index (χ0n) is 15.6. The van der Waals surface area contributed by atoms with Gasteiger partial charge in [0.2, 0.25) is 0 Å². The molecule has 1 aromatic rings. The largest absolute Gasteiger partial charge is 0.408 e. The highest BCUT2D eigenvalue weighted by Crippen LogP contribution is 2.41. The van der Waals surface area contributed by atoms with Gasteiger partial charge in [0.25, 0.3) is 5.56 Å². The van der Waals surface area contributed by atoms with Crippen LogP contribution in [0.1, 0.15) is 27.0 Å². The summed E-state index contributed by atoms with van der Waals surface area (Å²) >= 11 is 0. The molecule has 1 aliphatic heterocycles. The topological polar surface area (TPSA) is 103 Å². The molecule has 0 aliphatic carbocycles. The molecule has 2 N–H and O–H groups in total. The second-order valence-corrected chi connectivity index (χ2v) is 12.6. The predicted molar refractivity (Wildman–Crippen MR) is 95.2 cm³/mol. The van der Waals surface area contributed by atoms with Gasteiger partial charge in [0.15, 0.2) is 14.5 Å². The summed E-state index contributed by atoms with van der Waals surface area (Å²) < 4.78 is 19.1. The number of aromatic nitrogens is 2. The van der Waals surface area contributed by atoms with E-state index in [1.54, 1.807) is 0 Å². The van der Waals surface area contributed by atoms with Crippen LogP contribution in [0.2, 0.25) is 18.1 Å². The van der Waals surface area contributed by atoms with Crippen LogP contribution in [0.5, 0.6) is 0 Å². The van der Waals surface area contributed by atoms with Gasteiger partial charge in [-0.3, -0.25) is 14.3 Å². The first kappa shape index (κ1) is 20.1. The Balaban J connectivity index is 2.38. The Bertz CT molecular complexity index is 708. The van der Waals surface area contributed by atoms with Crippen molar-refractivity contribution in [2.75, 3.05) is 13.7 Å². The first-order chi connectivity index (χ1) is 11.5. The van der Waals surface area contributed by atoms with Crippen molar-refractivity contribution in [1.82, 2.24) is 9.55 Å². The maximum absolute atomic E-state index is 12.1. The summed E-state index contributed by atoms with van der Waals surface area (Å²) in [4.78, 5) is 25.6. The van der Waals surface area contributed by atoms with Crippen LogP contribution in [0.3, 0.4) is 0 Å². The molecule has 1 aliphatic rings. The fourth-order valence-corrected chi connectivity index (χ4v) is 3.94. The quantitative estimate of drug-likeness (QED) is 0.742. The lowest BCUT2D eigenvalue weighted by molar-refractivity contribution is -0.0625. The molecule has 0 bridgehead atoms. The van der Waals surface area contributed by atoms with E-state index in [0.29, 0.717) is 0 Å². The standard InChI is InChI=1S/C16H28N2O6Si/c1-16(2,3)25(5,6)24-12-10(9-19)23-14(13(12)22-4)18-8-7-11(20)17-15(18)21/h7-8,10,12-14,19H,9H2,1-6H3,(H,17,20,21). The van der Waals surface area contributed by atoms with Gasteiger partial charge in [0.1, 0.15) is 18.3 Å². The zero-order chi connectivity index (χ0) is 19.0. The Hall–Kier alpha value is -1.26. The summed E-state index contributed by atoms with van der Waals surface area (Å²) in [5.41, 5.74) is -1.08. The number of nitrogens with one attached hydrogen (secondary N) is 1. The van der Waals surface area contributed by atoms with Crippen LogP contribution in [-0.4, -0.2) is 55.0 Å². The predicted octanol–water partition coefficient (Wildman–Crippen LogP) is 0.832. The normalized spacial score (nSPS) is 27.6. The lowest BCUT2D eigenvalue weighted by Crippen LogP contribution is -2.50. The SMILES string of the molecule is COC1C(O[Si](C)(C)C(C)(C)C)C(CO)OC1n1ccc(=O)[nH]c1=O. The average Bonchev–Trinajstić information content (AvgIpc) is 2.82. The third kappa shape index (κ3) is 3.95. The number of aliphatic hydroxyl groups excluding tert-OH is 1. The fourth-order valence-electron chi connectivity index (χ4n) is 2.62. The van der Waals surface area contributed by atoms with E-state index in [9.17, 15) is 14.7 Å². The second-order valence-electron chi connectivity index (χ2n) is 7.81. The van der Waals surface area contributed by atoms with Gasteiger partial charge in [-0.2, -0.15) is 0 Å². The van der Waals surface area contributed by atoms with Gasteiger partial charge in [-0.1, -0.05) is 20.8 Å². The molecular weight excluding hydrogens is 344 g/mol. The van der Waals surface area contributed by atoms with Gasteiger partial charge < -0.3 is 19.0 Å². The van der Waals surface area contributed by atoms with E-state index in [0.717, 1.165) is 0 Å². The third-order valence-corrected chi connectivity index (χ3v) is 9.57. The van der Waals surface area contributed by atoms with Crippen molar-refractivity contribution >= 4 is 8.32 Å². The van der Waals surface area contributed by atoms with Crippen molar-refractivity contribution in [1.29, 1.82) is 0 Å². The summed E-state index contributed by atoms with van der Waals surface area (Å²) in [6.07, 6.45) is -1.15. The first-order valence-electron chi connectivity index (χ1n) is 8.30. The smallest absolute Gasteiger partial charge is 0.330 e. The van der Waals surface area contributed by atoms with Crippen molar-refractivity contribution < 1.29 is 19.0 Å². The van der Waals surface area contributed by atoms with E-state index in [1.807, 2.05) is 0 Å². The van der Waals surface area contributed by atoms with E-state index >= 15 is 0 Å². The van der Waals surface area contributed by atoms with Gasteiger partial charge >= 0.3 is 5.69 Å². The molecule has 0 spiro atoms. The van der Waals surface area contributed by atoms with Crippen LogP contribution in [-0.2, 0) is 13.9 Å². The number of methoxy groups -OCH3 is 1. The molecule has 2 heterocycles. The molecular formula is C16H28N2O6Si. The number of aromatic amines is 1. The third-order valence-electron chi connectivity index (χ3n) is 5.10. The van der Waals surface area contributed by atoms with Crippen molar-refractivity contribution in [2.24, 2.45) is 0 Å². The molecule has 1 saturated heterocycles. The highest BCUT2D eigenvalue weighted by Gasteiger charge is 2.51. The minimum atomic E-state index is -2.16. The minimum Gasteiger partial charge on any atom is -0.408 e. The molecule has 2 rings (SSSR count). The van der Waals surface area contributed by atoms with Crippen LogP contribution in [0.25, 0.3) is 0 Å². The molecule has 25 heavy (non-hydrogen) atoms. The Morgan fingerprint density at radius 3 is 2.44 bits per heavy atom. The van der Waals surface area contributed by atoms with Crippen molar-refractivity contribution in [2.45, 2.75) is 63.4 Å². The highest BCUT2D eigenvalue weighted by molar-refractivity contribution is 6.74. The lowest BCUT2D eigenvalue weighted by Gasteiger charge is -2.40. The highest BCUT2D eigenvalue weighted by atomic mass is 28.4. The number of aliphatic hydroxyl groups is 1. The number of nitrogens with zero attached hydrogens (tertiary/aromatic N) is 1. The molecule has 9 heteroatoms. The minimum absolute atomic E-state index is 0.0296. The van der Waals surface area contributed by atoms with E-state index < -0.39 is 44.1 Å². The number of hydrogen-bond acceptors (Lipinski definition) is 6. The summed E-state index contributed by atoms with van der Waals surface area (Å²) in [6, 6.07) is 1.24. The van der Waals surface area contributed by atoms with Crippen molar-refractivity contribution in [3.63, 3.8) is 0 Å². The average molecular weight is 372 g/mol. The summed E-state index contributed by atoms with van der Waals surface area (Å²) in [5.74, 6) is 0. The van der Waals surface area contributed by atoms with Crippen LogP contribution < -0.4 is 11.2 Å². The van der Waals surface area contributed by atoms with Gasteiger partial charge in [-0.25, -0.2) is 4.79 Å². The molecule has 8 nitrogen and oxygen atoms in total. The van der Waals surface area contributed by atoms with E-state index in [4.69, 9.17) is 13.9 Å². The van der Waals surface area contributed by atoms with Gasteiger partial charge in [-0.15, -0.1) is 0 Å². The van der Waals surface area contributed by atoms with E-state index in [2.05, 4.69) is 38.8 Å². The molecule has 4 atom stereocenters. The molecule has 4 unspecified atom stereocenters. The van der Waals surface area contributed by atoms with Gasteiger partial charge in [0.05, 0.1) is 6.61 Å². The van der Waals surface area contributed by atoms with E-state index in [1.165, 1.54) is 23.9 Å². The van der Waals surface area contributed by atoms with Crippen LogP contribution >= 0.6 is 0 Å². The molecule has 0 amide bonds.